The largest absolute Gasteiger partial charge is 0.406 e. The van der Waals surface area contributed by atoms with Gasteiger partial charge in [-0.15, -0.1) is 0 Å². The van der Waals surface area contributed by atoms with Crippen LogP contribution in [-0.4, -0.2) is 35.2 Å². The molecule has 0 saturated carbocycles. The summed E-state index contributed by atoms with van der Waals surface area (Å²) < 4.78 is 40.6. The summed E-state index contributed by atoms with van der Waals surface area (Å²) in [5, 5.41) is 3.28. The Bertz CT molecular complexity index is 321. The van der Waals surface area contributed by atoms with Crippen LogP contribution in [0.15, 0.2) is 16.9 Å². The van der Waals surface area contributed by atoms with Crippen molar-refractivity contribution in [2.75, 3.05) is 13.1 Å². The van der Waals surface area contributed by atoms with E-state index in [-0.39, 0.29) is 12.2 Å². The van der Waals surface area contributed by atoms with E-state index in [4.69, 9.17) is 0 Å². The Balaban J connectivity index is 2.72. The van der Waals surface area contributed by atoms with Crippen LogP contribution in [0.25, 0.3) is 0 Å². The van der Waals surface area contributed by atoms with E-state index in [1.165, 1.54) is 13.0 Å². The second-order valence-corrected chi connectivity index (χ2v) is 2.82. The first-order valence-corrected chi connectivity index (χ1v) is 4.20. The minimum Gasteiger partial charge on any atom is -0.364 e. The minimum absolute atomic E-state index is 0.0365. The molecule has 1 heterocycles. The summed E-state index contributed by atoms with van der Waals surface area (Å²) in [6.45, 7) is 0.143. The van der Waals surface area contributed by atoms with E-state index in [2.05, 4.69) is 9.68 Å². The number of carbonyl (C=O) groups is 1. The van der Waals surface area contributed by atoms with Gasteiger partial charge < -0.3 is 9.42 Å². The Kier molecular flexibility index (Phi) is 3.33. The summed E-state index contributed by atoms with van der Waals surface area (Å²) in [6.07, 6.45) is -3.27. The van der Waals surface area contributed by atoms with Crippen LogP contribution in [0.2, 0.25) is 0 Å². The van der Waals surface area contributed by atoms with E-state index in [1.54, 1.807) is 0 Å². The van der Waals surface area contributed by atoms with Crippen LogP contribution >= 0.6 is 0 Å². The Morgan fingerprint density at radius 2 is 2.27 bits per heavy atom. The van der Waals surface area contributed by atoms with Crippen molar-refractivity contribution in [1.82, 2.24) is 10.1 Å². The van der Waals surface area contributed by atoms with E-state index >= 15 is 0 Å². The summed E-state index contributed by atoms with van der Waals surface area (Å²) >= 11 is 0. The van der Waals surface area contributed by atoms with Gasteiger partial charge in [0.15, 0.2) is 5.69 Å². The fourth-order valence-corrected chi connectivity index (χ4v) is 1.03. The van der Waals surface area contributed by atoms with Gasteiger partial charge in [-0.05, 0) is 6.92 Å². The molecule has 0 aliphatic carbocycles. The Morgan fingerprint density at radius 3 is 2.67 bits per heavy atom. The number of nitrogens with zero attached hydrogens (tertiary/aromatic N) is 2. The molecule has 0 atom stereocenters. The molecule has 0 bridgehead atoms. The number of amides is 1. The molecule has 0 N–H and O–H groups in total. The zero-order valence-electron chi connectivity index (χ0n) is 7.91. The Hall–Kier alpha value is -1.53. The predicted octanol–water partition coefficient (Wildman–Crippen LogP) is 1.70. The average Bonchev–Trinajstić information content (AvgIpc) is 2.64. The molecule has 0 aromatic carbocycles. The molecule has 1 amide bonds. The van der Waals surface area contributed by atoms with Crippen LogP contribution in [0.5, 0.6) is 0 Å². The van der Waals surface area contributed by atoms with Crippen LogP contribution in [-0.2, 0) is 0 Å². The van der Waals surface area contributed by atoms with E-state index < -0.39 is 18.6 Å². The molecule has 0 fully saturated rings. The fourth-order valence-electron chi connectivity index (χ4n) is 1.03. The van der Waals surface area contributed by atoms with Gasteiger partial charge in [0.05, 0.1) is 0 Å². The van der Waals surface area contributed by atoms with Crippen LogP contribution in [0, 0.1) is 0 Å². The summed E-state index contributed by atoms with van der Waals surface area (Å²) in [6, 6.07) is 1.22. The van der Waals surface area contributed by atoms with Gasteiger partial charge in [0.2, 0.25) is 0 Å². The molecule has 0 saturated heterocycles. The number of rotatable bonds is 3. The van der Waals surface area contributed by atoms with Crippen molar-refractivity contribution in [2.45, 2.75) is 13.1 Å². The minimum atomic E-state index is -4.41. The van der Waals surface area contributed by atoms with Crippen molar-refractivity contribution in [3.05, 3.63) is 18.0 Å². The fraction of sp³-hybridized carbons (Fsp3) is 0.500. The van der Waals surface area contributed by atoms with Gasteiger partial charge in [-0.2, -0.15) is 13.2 Å². The predicted molar refractivity (Wildman–Crippen MR) is 44.1 cm³/mol. The highest BCUT2D eigenvalue weighted by Crippen LogP contribution is 2.17. The smallest absolute Gasteiger partial charge is 0.364 e. The quantitative estimate of drug-likeness (QED) is 0.781. The molecular weight excluding hydrogens is 213 g/mol. The molecule has 0 spiro atoms. The van der Waals surface area contributed by atoms with E-state index in [0.717, 1.165) is 6.26 Å². The monoisotopic (exact) mass is 222 g/mol. The van der Waals surface area contributed by atoms with Crippen LogP contribution in [0.1, 0.15) is 17.4 Å². The van der Waals surface area contributed by atoms with Crippen molar-refractivity contribution < 1.29 is 22.5 Å². The van der Waals surface area contributed by atoms with Crippen LogP contribution in [0.4, 0.5) is 13.2 Å². The number of hydrogen-bond acceptors (Lipinski definition) is 3. The second-order valence-electron chi connectivity index (χ2n) is 2.82. The topological polar surface area (TPSA) is 46.3 Å². The van der Waals surface area contributed by atoms with Gasteiger partial charge >= 0.3 is 6.18 Å². The lowest BCUT2D eigenvalue weighted by molar-refractivity contribution is -0.140. The van der Waals surface area contributed by atoms with Crippen molar-refractivity contribution >= 4 is 5.91 Å². The number of halogens is 3. The molecule has 7 heteroatoms. The highest BCUT2D eigenvalue weighted by molar-refractivity contribution is 5.92. The SMILES string of the molecule is CCN(CC(F)(F)F)C(=O)c1ccon1. The number of hydrogen-bond donors (Lipinski definition) is 0. The normalized spacial score (nSPS) is 11.5. The maximum Gasteiger partial charge on any atom is 0.406 e. The first-order valence-electron chi connectivity index (χ1n) is 4.20. The maximum absolute atomic E-state index is 12.1. The molecule has 0 radical (unpaired) electrons. The molecule has 0 unspecified atom stereocenters. The van der Waals surface area contributed by atoms with Crippen molar-refractivity contribution in [3.8, 4) is 0 Å². The average molecular weight is 222 g/mol. The summed E-state index contributed by atoms with van der Waals surface area (Å²) in [7, 11) is 0. The lowest BCUT2D eigenvalue weighted by Crippen LogP contribution is -2.38. The van der Waals surface area contributed by atoms with Crippen molar-refractivity contribution in [2.24, 2.45) is 0 Å². The van der Waals surface area contributed by atoms with Gasteiger partial charge in [-0.3, -0.25) is 4.79 Å². The number of alkyl halides is 3. The lowest BCUT2D eigenvalue weighted by Gasteiger charge is -2.20. The maximum atomic E-state index is 12.1. The highest BCUT2D eigenvalue weighted by atomic mass is 19.4. The van der Waals surface area contributed by atoms with Gasteiger partial charge in [-0.1, -0.05) is 5.16 Å². The zero-order valence-corrected chi connectivity index (χ0v) is 7.91. The molecule has 84 valence electrons. The van der Waals surface area contributed by atoms with Gasteiger partial charge in [-0.25, -0.2) is 0 Å². The van der Waals surface area contributed by atoms with Crippen molar-refractivity contribution in [1.29, 1.82) is 0 Å². The molecule has 15 heavy (non-hydrogen) atoms. The van der Waals surface area contributed by atoms with Gasteiger partial charge in [0, 0.05) is 12.6 Å². The number of carbonyl (C=O) groups excluding carboxylic acids is 1. The number of aromatic nitrogens is 1. The van der Waals surface area contributed by atoms with Crippen LogP contribution < -0.4 is 0 Å². The molecule has 0 aliphatic heterocycles. The third-order valence-corrected chi connectivity index (χ3v) is 1.70. The molecule has 1 rings (SSSR count). The molecule has 4 nitrogen and oxygen atoms in total. The first-order chi connectivity index (χ1) is 6.94. The zero-order chi connectivity index (χ0) is 11.5. The second kappa shape index (κ2) is 4.33. The molecule has 0 aliphatic rings. The van der Waals surface area contributed by atoms with Crippen molar-refractivity contribution in [3.63, 3.8) is 0 Å². The molecular formula is C8H9F3N2O2. The van der Waals surface area contributed by atoms with E-state index in [0.29, 0.717) is 4.90 Å². The third-order valence-electron chi connectivity index (χ3n) is 1.70. The Morgan fingerprint density at radius 1 is 1.60 bits per heavy atom. The summed E-state index contributed by atoms with van der Waals surface area (Å²) in [5.41, 5.74) is -0.124. The van der Waals surface area contributed by atoms with E-state index in [1.807, 2.05) is 0 Å². The molecule has 1 aromatic rings. The summed E-state index contributed by atoms with van der Waals surface area (Å²) in [4.78, 5) is 12.1. The molecule has 1 aromatic heterocycles. The third kappa shape index (κ3) is 3.26. The Labute approximate surface area is 83.6 Å². The van der Waals surface area contributed by atoms with Gasteiger partial charge in [0.25, 0.3) is 5.91 Å². The first kappa shape index (κ1) is 11.5. The summed E-state index contributed by atoms with van der Waals surface area (Å²) in [5.74, 6) is -0.788. The highest BCUT2D eigenvalue weighted by Gasteiger charge is 2.33. The standard InChI is InChI=1S/C8H9F3N2O2/c1-2-13(5-8(9,10)11)7(14)6-3-4-15-12-6/h3-4H,2,5H2,1H3. The van der Waals surface area contributed by atoms with Crippen LogP contribution in [0.3, 0.4) is 0 Å². The van der Waals surface area contributed by atoms with Gasteiger partial charge in [0.1, 0.15) is 12.8 Å². The lowest BCUT2D eigenvalue weighted by atomic mass is 10.3. The van der Waals surface area contributed by atoms with E-state index in [9.17, 15) is 18.0 Å².